The molecule has 1 heterocycles. The molecule has 0 aliphatic rings. The van der Waals surface area contributed by atoms with E-state index >= 15 is 0 Å². The van der Waals surface area contributed by atoms with E-state index in [0.717, 1.165) is 5.39 Å². The minimum absolute atomic E-state index is 0.139. The third-order valence-electron chi connectivity index (χ3n) is 2.81. The van der Waals surface area contributed by atoms with Crippen molar-refractivity contribution in [3.63, 3.8) is 0 Å². The molecule has 0 aliphatic carbocycles. The number of para-hydroxylation sites is 1. The van der Waals surface area contributed by atoms with Crippen LogP contribution in [-0.2, 0) is 9.47 Å². The van der Waals surface area contributed by atoms with Crippen LogP contribution >= 0.6 is 0 Å². The van der Waals surface area contributed by atoms with Gasteiger partial charge in [-0.1, -0.05) is 18.2 Å². The molecule has 0 aliphatic heterocycles. The lowest BCUT2D eigenvalue weighted by Gasteiger charge is -2.20. The number of aromatic nitrogens is 1. The van der Waals surface area contributed by atoms with Crippen molar-refractivity contribution in [3.05, 3.63) is 36.0 Å². The Labute approximate surface area is 134 Å². The van der Waals surface area contributed by atoms with E-state index in [9.17, 15) is 9.59 Å². The van der Waals surface area contributed by atoms with Crippen LogP contribution < -0.4 is 10.9 Å². The first-order valence-electron chi connectivity index (χ1n) is 7.03. The monoisotopic (exact) mass is 317 g/mol. The van der Waals surface area contributed by atoms with Crippen LogP contribution in [-0.4, -0.2) is 29.8 Å². The second kappa shape index (κ2) is 6.51. The number of anilines is 1. The maximum Gasteiger partial charge on any atom is 0.426 e. The number of nitrogens with one attached hydrogen (secondary N) is 2. The van der Waals surface area contributed by atoms with E-state index in [1.165, 1.54) is 13.2 Å². The molecular weight excluding hydrogens is 298 g/mol. The van der Waals surface area contributed by atoms with E-state index in [0.29, 0.717) is 11.2 Å². The molecule has 23 heavy (non-hydrogen) atoms. The number of carbonyl (C=O) groups is 2. The van der Waals surface area contributed by atoms with Crippen LogP contribution in [0, 0.1) is 0 Å². The molecule has 2 N–H and O–H groups in total. The van der Waals surface area contributed by atoms with Gasteiger partial charge in [-0.25, -0.2) is 20.0 Å². The highest BCUT2D eigenvalue weighted by Gasteiger charge is 2.17. The van der Waals surface area contributed by atoms with Gasteiger partial charge in [-0.2, -0.15) is 0 Å². The molecule has 0 unspecified atom stereocenters. The van der Waals surface area contributed by atoms with Gasteiger partial charge in [0, 0.05) is 5.39 Å². The minimum Gasteiger partial charge on any atom is -0.464 e. The van der Waals surface area contributed by atoms with Gasteiger partial charge < -0.3 is 9.47 Å². The number of ether oxygens (including phenoxy) is 2. The van der Waals surface area contributed by atoms with Crippen molar-refractivity contribution in [2.75, 3.05) is 12.5 Å². The molecule has 0 fully saturated rings. The first-order valence-corrected chi connectivity index (χ1v) is 7.03. The summed E-state index contributed by atoms with van der Waals surface area (Å²) in [5.74, 6) is -0.559. The van der Waals surface area contributed by atoms with Crippen LogP contribution in [0.1, 0.15) is 31.3 Å². The predicted octanol–water partition coefficient (Wildman–Crippen LogP) is 2.87. The third-order valence-corrected chi connectivity index (χ3v) is 2.81. The highest BCUT2D eigenvalue weighted by Crippen LogP contribution is 2.23. The second-order valence-corrected chi connectivity index (χ2v) is 5.82. The second-order valence-electron chi connectivity index (χ2n) is 5.82. The smallest absolute Gasteiger partial charge is 0.426 e. The molecule has 7 heteroatoms. The molecule has 2 aromatic rings. The zero-order valence-corrected chi connectivity index (χ0v) is 13.5. The van der Waals surface area contributed by atoms with E-state index in [2.05, 4.69) is 15.8 Å². The fourth-order valence-corrected chi connectivity index (χ4v) is 1.91. The van der Waals surface area contributed by atoms with Crippen LogP contribution in [0.25, 0.3) is 10.9 Å². The number of pyridine rings is 1. The summed E-state index contributed by atoms with van der Waals surface area (Å²) in [6.45, 7) is 5.30. The third kappa shape index (κ3) is 4.32. The van der Waals surface area contributed by atoms with Crippen LogP contribution in [0.2, 0.25) is 0 Å². The molecular formula is C16H19N3O4. The number of benzene rings is 1. The molecule has 0 bridgehead atoms. The normalized spacial score (nSPS) is 11.0. The van der Waals surface area contributed by atoms with Crippen LogP contribution in [0.5, 0.6) is 0 Å². The Bertz CT molecular complexity index is 738. The Morgan fingerprint density at radius 2 is 1.87 bits per heavy atom. The quantitative estimate of drug-likeness (QED) is 0.668. The summed E-state index contributed by atoms with van der Waals surface area (Å²) in [4.78, 5) is 27.7. The number of hydrogen-bond acceptors (Lipinski definition) is 6. The summed E-state index contributed by atoms with van der Waals surface area (Å²) in [5.41, 5.74) is 5.84. The zero-order chi connectivity index (χ0) is 17.0. The molecule has 1 aromatic heterocycles. The lowest BCUT2D eigenvalue weighted by molar-refractivity contribution is 0.0540. The summed E-state index contributed by atoms with van der Waals surface area (Å²) in [6, 6.07) is 8.73. The van der Waals surface area contributed by atoms with Gasteiger partial charge in [0.2, 0.25) is 0 Å². The summed E-state index contributed by atoms with van der Waals surface area (Å²) in [6.07, 6.45) is -0.627. The van der Waals surface area contributed by atoms with Gasteiger partial charge in [0.25, 0.3) is 0 Å². The highest BCUT2D eigenvalue weighted by atomic mass is 16.6. The van der Waals surface area contributed by atoms with E-state index < -0.39 is 17.7 Å². The lowest BCUT2D eigenvalue weighted by Crippen LogP contribution is -2.35. The summed E-state index contributed by atoms with van der Waals surface area (Å²) in [7, 11) is 1.28. The zero-order valence-electron chi connectivity index (χ0n) is 13.5. The summed E-state index contributed by atoms with van der Waals surface area (Å²) in [5, 5.41) is 0.746. The van der Waals surface area contributed by atoms with Crippen LogP contribution in [0.15, 0.2) is 30.3 Å². The Kier molecular flexibility index (Phi) is 4.68. The van der Waals surface area contributed by atoms with Gasteiger partial charge in [-0.15, -0.1) is 0 Å². The van der Waals surface area contributed by atoms with Crippen molar-refractivity contribution in [1.82, 2.24) is 10.4 Å². The van der Waals surface area contributed by atoms with Gasteiger partial charge in [-0.3, -0.25) is 5.43 Å². The van der Waals surface area contributed by atoms with E-state index in [4.69, 9.17) is 9.47 Å². The number of fused-ring (bicyclic) bond motifs is 1. The molecule has 0 spiro atoms. The van der Waals surface area contributed by atoms with E-state index in [1.807, 2.05) is 18.2 Å². The molecule has 1 amide bonds. The summed E-state index contributed by atoms with van der Waals surface area (Å²) < 4.78 is 9.84. The van der Waals surface area contributed by atoms with Gasteiger partial charge in [-0.05, 0) is 32.9 Å². The Balaban J connectivity index is 2.28. The SMILES string of the molecule is COC(=O)c1cc(NNC(=O)OC(C)(C)C)c2ccccc2n1. The van der Waals surface area contributed by atoms with Crippen molar-refractivity contribution in [2.24, 2.45) is 0 Å². The number of hydrogen-bond donors (Lipinski definition) is 2. The largest absolute Gasteiger partial charge is 0.464 e. The molecule has 0 saturated heterocycles. The van der Waals surface area contributed by atoms with Crippen molar-refractivity contribution in [1.29, 1.82) is 0 Å². The van der Waals surface area contributed by atoms with Crippen molar-refractivity contribution < 1.29 is 19.1 Å². The van der Waals surface area contributed by atoms with Gasteiger partial charge >= 0.3 is 12.1 Å². The number of nitrogens with zero attached hydrogens (tertiary/aromatic N) is 1. The maximum atomic E-state index is 11.7. The topological polar surface area (TPSA) is 89.6 Å². The number of esters is 1. The standard InChI is InChI=1S/C16H19N3O4/c1-16(2,3)23-15(21)19-18-12-9-13(14(20)22-4)17-11-8-6-5-7-10(11)12/h5-9H,1-4H3,(H,17,18)(H,19,21). The highest BCUT2D eigenvalue weighted by molar-refractivity contribution is 5.97. The van der Waals surface area contributed by atoms with Crippen LogP contribution in [0.3, 0.4) is 0 Å². The van der Waals surface area contributed by atoms with Gasteiger partial charge in [0.15, 0.2) is 5.69 Å². The first kappa shape index (κ1) is 16.5. The number of carbonyl (C=O) groups excluding carboxylic acids is 2. The molecule has 2 rings (SSSR count). The average Bonchev–Trinajstić information content (AvgIpc) is 2.49. The number of hydrazine groups is 1. The summed E-state index contributed by atoms with van der Waals surface area (Å²) >= 11 is 0. The Morgan fingerprint density at radius 1 is 1.17 bits per heavy atom. The Hall–Kier alpha value is -2.83. The number of amides is 1. The molecule has 0 atom stereocenters. The van der Waals surface area contributed by atoms with Crippen molar-refractivity contribution >= 4 is 28.7 Å². The number of rotatable bonds is 3. The van der Waals surface area contributed by atoms with Crippen molar-refractivity contribution in [2.45, 2.75) is 26.4 Å². The molecule has 1 aromatic carbocycles. The fourth-order valence-electron chi connectivity index (χ4n) is 1.91. The first-order chi connectivity index (χ1) is 10.8. The molecule has 7 nitrogen and oxygen atoms in total. The van der Waals surface area contributed by atoms with Crippen LogP contribution in [0.4, 0.5) is 10.5 Å². The van der Waals surface area contributed by atoms with E-state index in [-0.39, 0.29) is 5.69 Å². The molecule has 0 radical (unpaired) electrons. The van der Waals surface area contributed by atoms with E-state index in [1.54, 1.807) is 26.8 Å². The minimum atomic E-state index is -0.627. The van der Waals surface area contributed by atoms with Gasteiger partial charge in [0.05, 0.1) is 18.3 Å². The number of methoxy groups -OCH3 is 1. The molecule has 0 saturated carbocycles. The van der Waals surface area contributed by atoms with Gasteiger partial charge in [0.1, 0.15) is 5.60 Å². The lowest BCUT2D eigenvalue weighted by atomic mass is 10.1. The Morgan fingerprint density at radius 3 is 2.52 bits per heavy atom. The maximum absolute atomic E-state index is 11.7. The van der Waals surface area contributed by atoms with Crippen molar-refractivity contribution in [3.8, 4) is 0 Å². The molecule has 122 valence electrons. The predicted molar refractivity (Wildman–Crippen MR) is 86.1 cm³/mol. The average molecular weight is 317 g/mol. The fraction of sp³-hybridized carbons (Fsp3) is 0.312.